The quantitative estimate of drug-likeness (QED) is 0.878. The van der Waals surface area contributed by atoms with Crippen LogP contribution in [-0.4, -0.2) is 23.3 Å². The highest BCUT2D eigenvalue weighted by Crippen LogP contribution is 2.22. The van der Waals surface area contributed by atoms with Crippen LogP contribution in [0.3, 0.4) is 0 Å². The van der Waals surface area contributed by atoms with Crippen LogP contribution < -0.4 is 4.74 Å². The number of carboxylic acids is 1. The van der Waals surface area contributed by atoms with E-state index in [0.717, 1.165) is 11.3 Å². The number of ether oxygens (including phenoxy) is 1. The first-order valence-electron chi connectivity index (χ1n) is 5.51. The molecule has 0 radical (unpaired) electrons. The van der Waals surface area contributed by atoms with Gasteiger partial charge in [-0.15, -0.1) is 0 Å². The number of aryl methyl sites for hydroxylation is 1. The molecule has 2 aromatic rings. The fraction of sp³-hybridized carbons (Fsp3) is 0.231. The third-order valence-corrected chi connectivity index (χ3v) is 2.53. The topological polar surface area (TPSA) is 72.6 Å². The van der Waals surface area contributed by atoms with Gasteiger partial charge in [0.15, 0.2) is 0 Å². The molecule has 1 N–H and O–H groups in total. The highest BCUT2D eigenvalue weighted by molar-refractivity contribution is 5.67. The second-order valence-corrected chi connectivity index (χ2v) is 3.80. The summed E-state index contributed by atoms with van der Waals surface area (Å²) in [6.07, 6.45) is 0.385. The Morgan fingerprint density at radius 2 is 2.11 bits per heavy atom. The number of carboxylic acid groups (broad SMARTS) is 1. The molecule has 0 amide bonds. The molecule has 1 aromatic heterocycles. The predicted molar refractivity (Wildman–Crippen MR) is 64.4 cm³/mol. The van der Waals surface area contributed by atoms with Crippen molar-refractivity contribution >= 4 is 5.97 Å². The van der Waals surface area contributed by atoms with Gasteiger partial charge in [0, 0.05) is 18.1 Å². The summed E-state index contributed by atoms with van der Waals surface area (Å²) in [6.45, 7) is 0. The van der Waals surface area contributed by atoms with Crippen LogP contribution in [0.2, 0.25) is 0 Å². The van der Waals surface area contributed by atoms with E-state index in [0.29, 0.717) is 17.9 Å². The van der Waals surface area contributed by atoms with Gasteiger partial charge in [0.1, 0.15) is 17.2 Å². The molecule has 94 valence electrons. The van der Waals surface area contributed by atoms with Gasteiger partial charge in [-0.1, -0.05) is 5.16 Å². The van der Waals surface area contributed by atoms with Crippen LogP contribution in [0.15, 0.2) is 34.9 Å². The third-order valence-electron chi connectivity index (χ3n) is 2.53. The molecule has 0 aliphatic rings. The molecule has 0 fully saturated rings. The molecule has 5 nitrogen and oxygen atoms in total. The van der Waals surface area contributed by atoms with Gasteiger partial charge in [-0.25, -0.2) is 0 Å². The lowest BCUT2D eigenvalue weighted by Gasteiger charge is -1.99. The SMILES string of the molecule is COc1ccc(-c2cc(CCC(=O)O)on2)cc1. The van der Waals surface area contributed by atoms with E-state index in [4.69, 9.17) is 14.4 Å². The summed E-state index contributed by atoms with van der Waals surface area (Å²) in [7, 11) is 1.61. The molecule has 0 atom stereocenters. The maximum absolute atomic E-state index is 10.4. The molecule has 0 unspecified atom stereocenters. The second kappa shape index (κ2) is 5.35. The number of aromatic nitrogens is 1. The highest BCUT2D eigenvalue weighted by Gasteiger charge is 2.08. The van der Waals surface area contributed by atoms with Crippen LogP contribution >= 0.6 is 0 Å². The lowest BCUT2D eigenvalue weighted by Crippen LogP contribution is -1.96. The number of aliphatic carboxylic acids is 1. The lowest BCUT2D eigenvalue weighted by molar-refractivity contribution is -0.137. The summed E-state index contributed by atoms with van der Waals surface area (Å²) in [6, 6.07) is 9.17. The van der Waals surface area contributed by atoms with Gasteiger partial charge < -0.3 is 14.4 Å². The number of carbonyl (C=O) groups is 1. The van der Waals surface area contributed by atoms with Gasteiger partial charge >= 0.3 is 5.97 Å². The van der Waals surface area contributed by atoms with E-state index >= 15 is 0 Å². The standard InChI is InChI=1S/C13H13NO4/c1-17-10-4-2-9(3-5-10)12-8-11(18-14-12)6-7-13(15)16/h2-5,8H,6-7H2,1H3,(H,15,16). The van der Waals surface area contributed by atoms with Crippen LogP contribution in [-0.2, 0) is 11.2 Å². The van der Waals surface area contributed by atoms with Crippen LogP contribution in [0.25, 0.3) is 11.3 Å². The Morgan fingerprint density at radius 3 is 2.72 bits per heavy atom. The minimum Gasteiger partial charge on any atom is -0.497 e. The number of hydrogen-bond acceptors (Lipinski definition) is 4. The number of rotatable bonds is 5. The Balaban J connectivity index is 2.10. The average molecular weight is 247 g/mol. The molecular weight excluding hydrogens is 234 g/mol. The van der Waals surface area contributed by atoms with Crippen molar-refractivity contribution in [1.29, 1.82) is 0 Å². The average Bonchev–Trinajstić information content (AvgIpc) is 2.85. The first-order chi connectivity index (χ1) is 8.69. The molecule has 1 aromatic carbocycles. The van der Waals surface area contributed by atoms with Gasteiger partial charge in [-0.2, -0.15) is 0 Å². The van der Waals surface area contributed by atoms with Crippen molar-refractivity contribution in [2.24, 2.45) is 0 Å². The van der Waals surface area contributed by atoms with E-state index in [2.05, 4.69) is 5.16 Å². The van der Waals surface area contributed by atoms with E-state index in [9.17, 15) is 4.79 Å². The van der Waals surface area contributed by atoms with Gasteiger partial charge in [-0.05, 0) is 24.3 Å². The number of benzene rings is 1. The molecule has 5 heteroatoms. The largest absolute Gasteiger partial charge is 0.497 e. The zero-order valence-electron chi connectivity index (χ0n) is 9.92. The van der Waals surface area contributed by atoms with Gasteiger partial charge in [0.2, 0.25) is 0 Å². The number of nitrogens with zero attached hydrogens (tertiary/aromatic N) is 1. The van der Waals surface area contributed by atoms with Crippen molar-refractivity contribution in [2.75, 3.05) is 7.11 Å². The molecule has 0 saturated heterocycles. The van der Waals surface area contributed by atoms with Gasteiger partial charge in [0.05, 0.1) is 13.5 Å². The Morgan fingerprint density at radius 1 is 1.39 bits per heavy atom. The molecule has 0 spiro atoms. The highest BCUT2D eigenvalue weighted by atomic mass is 16.5. The molecule has 0 aliphatic carbocycles. The molecule has 0 saturated carbocycles. The van der Waals surface area contributed by atoms with E-state index in [1.54, 1.807) is 13.2 Å². The summed E-state index contributed by atoms with van der Waals surface area (Å²) < 4.78 is 10.1. The summed E-state index contributed by atoms with van der Waals surface area (Å²) >= 11 is 0. The summed E-state index contributed by atoms with van der Waals surface area (Å²) in [4.78, 5) is 10.4. The summed E-state index contributed by atoms with van der Waals surface area (Å²) in [5.41, 5.74) is 1.60. The van der Waals surface area contributed by atoms with E-state index in [1.807, 2.05) is 24.3 Å². The lowest BCUT2D eigenvalue weighted by atomic mass is 10.1. The Bertz CT molecular complexity index is 530. The summed E-state index contributed by atoms with van der Waals surface area (Å²) in [5.74, 6) is 0.494. The van der Waals surface area contributed by atoms with Crippen LogP contribution in [0.5, 0.6) is 5.75 Å². The molecule has 1 heterocycles. The zero-order chi connectivity index (χ0) is 13.0. The number of hydrogen-bond donors (Lipinski definition) is 1. The maximum atomic E-state index is 10.4. The van der Waals surface area contributed by atoms with Crippen LogP contribution in [0.1, 0.15) is 12.2 Å². The minimum absolute atomic E-state index is 0.0389. The van der Waals surface area contributed by atoms with Crippen molar-refractivity contribution in [3.05, 3.63) is 36.1 Å². The van der Waals surface area contributed by atoms with Crippen LogP contribution in [0.4, 0.5) is 0 Å². The molecule has 0 aliphatic heterocycles. The third kappa shape index (κ3) is 2.88. The van der Waals surface area contributed by atoms with E-state index in [-0.39, 0.29) is 6.42 Å². The molecule has 18 heavy (non-hydrogen) atoms. The van der Waals surface area contributed by atoms with Crippen molar-refractivity contribution in [3.63, 3.8) is 0 Å². The normalized spacial score (nSPS) is 10.3. The molecule has 2 rings (SSSR count). The maximum Gasteiger partial charge on any atom is 0.303 e. The summed E-state index contributed by atoms with van der Waals surface area (Å²) in [5, 5.41) is 12.5. The molecule has 0 bridgehead atoms. The smallest absolute Gasteiger partial charge is 0.303 e. The monoisotopic (exact) mass is 247 g/mol. The first-order valence-corrected chi connectivity index (χ1v) is 5.51. The molecular formula is C13H13NO4. The fourth-order valence-electron chi connectivity index (χ4n) is 1.56. The van der Waals surface area contributed by atoms with Gasteiger partial charge in [-0.3, -0.25) is 4.79 Å². The first kappa shape index (κ1) is 12.2. The van der Waals surface area contributed by atoms with Crippen molar-refractivity contribution in [2.45, 2.75) is 12.8 Å². The van der Waals surface area contributed by atoms with E-state index in [1.165, 1.54) is 0 Å². The van der Waals surface area contributed by atoms with E-state index < -0.39 is 5.97 Å². The Labute approximate surface area is 104 Å². The minimum atomic E-state index is -0.850. The predicted octanol–water partition coefficient (Wildman–Crippen LogP) is 2.37. The second-order valence-electron chi connectivity index (χ2n) is 3.80. The number of methoxy groups -OCH3 is 1. The van der Waals surface area contributed by atoms with Crippen molar-refractivity contribution in [3.8, 4) is 17.0 Å². The van der Waals surface area contributed by atoms with Crippen LogP contribution in [0, 0.1) is 0 Å². The van der Waals surface area contributed by atoms with Crippen molar-refractivity contribution < 1.29 is 19.2 Å². The Hall–Kier alpha value is -2.30. The Kier molecular flexibility index (Phi) is 3.62. The van der Waals surface area contributed by atoms with Gasteiger partial charge in [0.25, 0.3) is 0 Å². The zero-order valence-corrected chi connectivity index (χ0v) is 9.92. The fourth-order valence-corrected chi connectivity index (χ4v) is 1.56. The van der Waals surface area contributed by atoms with Crippen molar-refractivity contribution in [1.82, 2.24) is 5.16 Å².